The van der Waals surface area contributed by atoms with Gasteiger partial charge in [-0.05, 0) is 37.3 Å². The SMILES string of the molecule is C/C(=N/OCC(=O)OCC(=O)Nc1c(F)cccc1F)c1ccc2c(c1)OCO2. The van der Waals surface area contributed by atoms with Crippen LogP contribution < -0.4 is 14.8 Å². The van der Waals surface area contributed by atoms with E-state index >= 15 is 0 Å². The average Bonchev–Trinajstić information content (AvgIpc) is 3.17. The van der Waals surface area contributed by atoms with E-state index in [2.05, 4.69) is 9.89 Å². The topological polar surface area (TPSA) is 95.5 Å². The third kappa shape index (κ3) is 5.18. The van der Waals surface area contributed by atoms with Crippen molar-refractivity contribution in [2.24, 2.45) is 5.16 Å². The Kier molecular flexibility index (Phi) is 6.22. The predicted molar refractivity (Wildman–Crippen MR) is 96.7 cm³/mol. The quantitative estimate of drug-likeness (QED) is 0.432. The molecule has 0 aliphatic carbocycles. The lowest BCUT2D eigenvalue weighted by Crippen LogP contribution is -2.23. The second-order valence-corrected chi connectivity index (χ2v) is 5.82. The maximum atomic E-state index is 13.5. The Bertz CT molecular complexity index is 943. The zero-order valence-corrected chi connectivity index (χ0v) is 15.2. The van der Waals surface area contributed by atoms with Crippen molar-refractivity contribution in [3.05, 3.63) is 53.6 Å². The largest absolute Gasteiger partial charge is 0.454 e. The van der Waals surface area contributed by atoms with Crippen molar-refractivity contribution in [2.75, 3.05) is 25.3 Å². The molecule has 2 aromatic carbocycles. The van der Waals surface area contributed by atoms with Crippen molar-refractivity contribution in [3.63, 3.8) is 0 Å². The van der Waals surface area contributed by atoms with Gasteiger partial charge in [0.15, 0.2) is 18.1 Å². The summed E-state index contributed by atoms with van der Waals surface area (Å²) in [6.45, 7) is 0.526. The Morgan fingerprint density at radius 2 is 1.83 bits per heavy atom. The van der Waals surface area contributed by atoms with Crippen molar-refractivity contribution in [2.45, 2.75) is 6.92 Å². The molecule has 0 atom stereocenters. The van der Waals surface area contributed by atoms with E-state index < -0.39 is 42.4 Å². The van der Waals surface area contributed by atoms with Crippen molar-refractivity contribution < 1.29 is 37.4 Å². The van der Waals surface area contributed by atoms with E-state index in [1.54, 1.807) is 25.1 Å². The Labute approximate surface area is 164 Å². The first-order valence-corrected chi connectivity index (χ1v) is 8.40. The van der Waals surface area contributed by atoms with Crippen LogP contribution in [0.2, 0.25) is 0 Å². The van der Waals surface area contributed by atoms with Crippen molar-refractivity contribution >= 4 is 23.3 Å². The van der Waals surface area contributed by atoms with Gasteiger partial charge < -0.3 is 24.4 Å². The second-order valence-electron chi connectivity index (χ2n) is 5.82. The first-order valence-electron chi connectivity index (χ1n) is 8.40. The van der Waals surface area contributed by atoms with Crippen LogP contribution in [0, 0.1) is 11.6 Å². The molecule has 1 aliphatic rings. The van der Waals surface area contributed by atoms with Crippen molar-refractivity contribution in [1.29, 1.82) is 0 Å². The number of hydrogen-bond acceptors (Lipinski definition) is 7. The summed E-state index contributed by atoms with van der Waals surface area (Å²) >= 11 is 0. The Balaban J connectivity index is 1.44. The smallest absolute Gasteiger partial charge is 0.347 e. The molecule has 10 heteroatoms. The number of para-hydroxylation sites is 1. The third-order valence-corrected chi connectivity index (χ3v) is 3.77. The summed E-state index contributed by atoms with van der Waals surface area (Å²) in [5.74, 6) is -2.46. The lowest BCUT2D eigenvalue weighted by Gasteiger charge is -2.08. The molecule has 29 heavy (non-hydrogen) atoms. The van der Waals surface area contributed by atoms with Gasteiger partial charge >= 0.3 is 5.97 Å². The molecule has 0 saturated carbocycles. The van der Waals surface area contributed by atoms with E-state index in [1.807, 2.05) is 5.32 Å². The molecule has 1 aliphatic heterocycles. The van der Waals surface area contributed by atoms with Crippen LogP contribution in [0.3, 0.4) is 0 Å². The van der Waals surface area contributed by atoms with Gasteiger partial charge in [-0.3, -0.25) is 4.79 Å². The Hall–Kier alpha value is -3.69. The molecule has 8 nitrogen and oxygen atoms in total. The minimum Gasteiger partial charge on any atom is -0.454 e. The maximum absolute atomic E-state index is 13.5. The number of carbonyl (C=O) groups is 2. The molecular weight excluding hydrogens is 390 g/mol. The van der Waals surface area contributed by atoms with Gasteiger partial charge in [-0.25, -0.2) is 13.6 Å². The lowest BCUT2D eigenvalue weighted by molar-refractivity contribution is -0.151. The van der Waals surface area contributed by atoms with Gasteiger partial charge in [-0.2, -0.15) is 0 Å². The first kappa shape index (κ1) is 20.1. The summed E-state index contributed by atoms with van der Waals surface area (Å²) in [5.41, 5.74) is 0.562. The number of amides is 1. The number of fused-ring (bicyclic) bond motifs is 1. The molecule has 0 unspecified atom stereocenters. The van der Waals surface area contributed by atoms with E-state index in [1.165, 1.54) is 0 Å². The molecule has 152 valence electrons. The normalized spacial score (nSPS) is 12.4. The van der Waals surface area contributed by atoms with Gasteiger partial charge in [0.1, 0.15) is 17.3 Å². The van der Waals surface area contributed by atoms with Gasteiger partial charge in [-0.1, -0.05) is 11.2 Å². The molecule has 2 aromatic rings. The van der Waals surface area contributed by atoms with Crippen LogP contribution in [0.1, 0.15) is 12.5 Å². The van der Waals surface area contributed by atoms with Crippen LogP contribution in [-0.2, 0) is 19.2 Å². The maximum Gasteiger partial charge on any atom is 0.347 e. The average molecular weight is 406 g/mol. The lowest BCUT2D eigenvalue weighted by atomic mass is 10.1. The summed E-state index contributed by atoms with van der Waals surface area (Å²) in [7, 11) is 0. The number of anilines is 1. The monoisotopic (exact) mass is 406 g/mol. The second kappa shape index (κ2) is 9.00. The number of carbonyl (C=O) groups excluding carboxylic acids is 2. The molecule has 3 rings (SSSR count). The Morgan fingerprint density at radius 1 is 1.10 bits per heavy atom. The van der Waals surface area contributed by atoms with Crippen LogP contribution in [0.15, 0.2) is 41.6 Å². The highest BCUT2D eigenvalue weighted by atomic mass is 19.1. The van der Waals surface area contributed by atoms with E-state index in [9.17, 15) is 18.4 Å². The van der Waals surface area contributed by atoms with E-state index in [4.69, 9.17) is 14.3 Å². The van der Waals surface area contributed by atoms with E-state index in [0.29, 0.717) is 22.8 Å². The fourth-order valence-corrected chi connectivity index (χ4v) is 2.34. The van der Waals surface area contributed by atoms with Crippen LogP contribution in [-0.4, -0.2) is 37.6 Å². The fourth-order valence-electron chi connectivity index (χ4n) is 2.34. The summed E-state index contributed by atoms with van der Waals surface area (Å²) in [5, 5.41) is 5.79. The summed E-state index contributed by atoms with van der Waals surface area (Å²) < 4.78 is 42.1. The highest BCUT2D eigenvalue weighted by Crippen LogP contribution is 2.32. The van der Waals surface area contributed by atoms with Gasteiger partial charge in [0.05, 0.1) is 5.71 Å². The number of benzene rings is 2. The first-order chi connectivity index (χ1) is 13.9. The molecule has 1 amide bonds. The highest BCUT2D eigenvalue weighted by Gasteiger charge is 2.15. The zero-order chi connectivity index (χ0) is 20.8. The number of hydrogen-bond donors (Lipinski definition) is 1. The van der Waals surface area contributed by atoms with Crippen molar-refractivity contribution in [3.8, 4) is 11.5 Å². The molecule has 0 bridgehead atoms. The standard InChI is InChI=1S/C19H16F2N2O6/c1-11(12-5-6-15-16(7-12)28-10-27-15)23-29-9-18(25)26-8-17(24)22-19-13(20)3-2-4-14(19)21/h2-7H,8-10H2,1H3,(H,22,24)/b23-11-. The number of rotatable bonds is 7. The highest BCUT2D eigenvalue weighted by molar-refractivity contribution is 5.99. The third-order valence-electron chi connectivity index (χ3n) is 3.77. The number of oxime groups is 1. The molecule has 0 saturated heterocycles. The summed E-state index contributed by atoms with van der Waals surface area (Å²) in [6.07, 6.45) is 0. The fraction of sp³-hybridized carbons (Fsp3) is 0.211. The number of ether oxygens (including phenoxy) is 3. The number of nitrogens with one attached hydrogen (secondary N) is 1. The number of nitrogens with zero attached hydrogens (tertiary/aromatic N) is 1. The van der Waals surface area contributed by atoms with Crippen LogP contribution in [0.4, 0.5) is 14.5 Å². The number of halogens is 2. The van der Waals surface area contributed by atoms with Crippen molar-refractivity contribution in [1.82, 2.24) is 0 Å². The van der Waals surface area contributed by atoms with Gasteiger partial charge in [0.25, 0.3) is 5.91 Å². The van der Waals surface area contributed by atoms with Crippen LogP contribution >= 0.6 is 0 Å². The Morgan fingerprint density at radius 3 is 2.59 bits per heavy atom. The predicted octanol–water partition coefficient (Wildman–Crippen LogP) is 2.62. The van der Waals surface area contributed by atoms with Crippen LogP contribution in [0.25, 0.3) is 0 Å². The van der Waals surface area contributed by atoms with Gasteiger partial charge in [-0.15, -0.1) is 0 Å². The molecular formula is C19H16F2N2O6. The van der Waals surface area contributed by atoms with Crippen LogP contribution in [0.5, 0.6) is 11.5 Å². The molecule has 0 radical (unpaired) electrons. The number of esters is 1. The van der Waals surface area contributed by atoms with E-state index in [0.717, 1.165) is 18.2 Å². The minimum atomic E-state index is -0.943. The zero-order valence-electron chi connectivity index (χ0n) is 15.2. The van der Waals surface area contributed by atoms with Gasteiger partial charge in [0.2, 0.25) is 13.4 Å². The van der Waals surface area contributed by atoms with E-state index in [-0.39, 0.29) is 6.79 Å². The van der Waals surface area contributed by atoms with Gasteiger partial charge in [0, 0.05) is 5.56 Å². The summed E-state index contributed by atoms with van der Waals surface area (Å²) in [4.78, 5) is 28.2. The molecule has 0 aromatic heterocycles. The molecule has 1 N–H and O–H groups in total. The molecule has 0 fully saturated rings. The molecule has 0 spiro atoms. The summed E-state index contributed by atoms with van der Waals surface area (Å²) in [6, 6.07) is 8.32. The molecule has 1 heterocycles. The minimum absolute atomic E-state index is 0.147.